The molecule has 0 bridgehead atoms. The van der Waals surface area contributed by atoms with Crippen LogP contribution in [0.4, 0.5) is 26.3 Å². The van der Waals surface area contributed by atoms with Gasteiger partial charge in [-0.25, -0.2) is 31.1 Å². The van der Waals surface area contributed by atoms with Crippen molar-refractivity contribution in [2.24, 2.45) is 0 Å². The zero-order chi connectivity index (χ0) is 62.4. The number of hydrogen-bond acceptors (Lipinski definition) is 15. The summed E-state index contributed by atoms with van der Waals surface area (Å²) in [5.74, 6) is 0.566. The molecule has 0 atom stereocenters. The number of aliphatic hydroxyl groups is 1. The van der Waals surface area contributed by atoms with Crippen molar-refractivity contribution in [2.75, 3.05) is 19.8 Å². The molecule has 87 heavy (non-hydrogen) atoms. The highest BCUT2D eigenvalue weighted by Crippen LogP contribution is 2.26. The summed E-state index contributed by atoms with van der Waals surface area (Å²) in [5.41, 5.74) is 2.65. The number of carbonyl (C=O) groups excluding carboxylic acids is 3. The Morgan fingerprint density at radius 1 is 0.471 bits per heavy atom. The largest absolute Gasteiger partial charge is 0.507 e. The molecule has 22 heteroatoms. The minimum atomic E-state index is -0.528. The standard InChI is InChI=1S/C18H11FO4.C13H17FO4.C9H6BrFO.C9H7FO2.C9H5FO2.C7H5FO2/c19-13-3-5-16-12(7-13)8-15(22-16)10-21-14-4-1-11-2-6-18(20)23-17(11)9-14;1-3-16-13(17-4-2)9-18-12-6-5-11(14)7-10(12)8-15;10-5-8-4-6-3-7(11)1-2-9(6)12-8;2*10-7-1-2-9-6(3-7)4-8(5-11)12-9;8-6-1-2-7(10)5(3-6)4-9/h1-9H,10H2;5-8,13H,3-4,9H2,1-2H3;1-4H,5H2;1-4,11H,5H2;1-5H;1-4,10H. The lowest BCUT2D eigenvalue weighted by Crippen LogP contribution is -2.25. The fourth-order valence-corrected chi connectivity index (χ4v) is 8.11. The van der Waals surface area contributed by atoms with E-state index in [1.54, 1.807) is 48.5 Å². The SMILES string of the molecule is CCOC(COc1ccc(F)cc1C=O)OCC.Fc1ccc2oc(CBr)cc2c1.O=Cc1cc(F)ccc1O.O=Cc1cc2cc(F)ccc2o1.O=c1ccc2ccc(OCc3cc4cc(F)ccc4o3)cc2o1.OCc1cc2cc(F)ccc2o1. The highest BCUT2D eigenvalue weighted by molar-refractivity contribution is 9.08. The van der Waals surface area contributed by atoms with Gasteiger partial charge in [0.15, 0.2) is 30.9 Å². The number of phenols is 1. The first-order valence-electron chi connectivity index (χ1n) is 26.1. The van der Waals surface area contributed by atoms with E-state index < -0.39 is 23.6 Å². The van der Waals surface area contributed by atoms with Crippen molar-refractivity contribution in [3.8, 4) is 17.2 Å². The van der Waals surface area contributed by atoms with Crippen molar-refractivity contribution in [3.63, 3.8) is 0 Å². The highest BCUT2D eigenvalue weighted by Gasteiger charge is 2.13. The van der Waals surface area contributed by atoms with Gasteiger partial charge in [0.1, 0.15) is 117 Å². The van der Waals surface area contributed by atoms with Crippen molar-refractivity contribution < 1.29 is 92.0 Å². The zero-order valence-electron chi connectivity index (χ0n) is 46.0. The van der Waals surface area contributed by atoms with Gasteiger partial charge in [-0.3, -0.25) is 14.4 Å². The first-order chi connectivity index (χ1) is 42.0. The summed E-state index contributed by atoms with van der Waals surface area (Å²) in [7, 11) is 0. The average molecular weight is 1270 g/mol. The van der Waals surface area contributed by atoms with E-state index in [2.05, 4.69) is 15.9 Å². The average Bonchev–Trinajstić information content (AvgIpc) is 4.56. The Morgan fingerprint density at radius 2 is 0.943 bits per heavy atom. The predicted octanol–water partition coefficient (Wildman–Crippen LogP) is 15.9. The van der Waals surface area contributed by atoms with Crippen LogP contribution in [0.1, 0.15) is 62.4 Å². The Kier molecular flexibility index (Phi) is 23.8. The summed E-state index contributed by atoms with van der Waals surface area (Å²) >= 11 is 3.27. The molecule has 0 amide bonds. The Labute approximate surface area is 498 Å². The van der Waals surface area contributed by atoms with Crippen molar-refractivity contribution in [2.45, 2.75) is 38.7 Å². The van der Waals surface area contributed by atoms with Gasteiger partial charge < -0.3 is 51.2 Å². The summed E-state index contributed by atoms with van der Waals surface area (Å²) in [6.07, 6.45) is 1.05. The van der Waals surface area contributed by atoms with E-state index >= 15 is 0 Å². The molecule has 0 saturated carbocycles. The van der Waals surface area contributed by atoms with Crippen LogP contribution in [0.3, 0.4) is 0 Å². The quantitative estimate of drug-likeness (QED) is 0.0321. The number of carbonyl (C=O) groups is 3. The lowest BCUT2D eigenvalue weighted by Gasteiger charge is -2.18. The van der Waals surface area contributed by atoms with Crippen LogP contribution >= 0.6 is 15.9 Å². The second-order valence-electron chi connectivity index (χ2n) is 17.9. The Morgan fingerprint density at radius 3 is 1.47 bits per heavy atom. The maximum absolute atomic E-state index is 13.2. The predicted molar refractivity (Wildman–Crippen MR) is 313 cm³/mol. The molecule has 12 rings (SSSR count). The number of alkyl halides is 1. The van der Waals surface area contributed by atoms with Crippen molar-refractivity contribution in [1.82, 2.24) is 0 Å². The molecule has 0 spiro atoms. The van der Waals surface area contributed by atoms with Crippen LogP contribution in [0.25, 0.3) is 54.8 Å². The molecule has 0 aliphatic carbocycles. The van der Waals surface area contributed by atoms with Gasteiger partial charge in [0.2, 0.25) is 0 Å². The first-order valence-corrected chi connectivity index (χ1v) is 27.2. The second-order valence-corrected chi connectivity index (χ2v) is 18.5. The number of aldehydes is 3. The Balaban J connectivity index is 0.000000153. The molecule has 15 nitrogen and oxygen atoms in total. The van der Waals surface area contributed by atoms with Gasteiger partial charge in [-0.15, -0.1) is 0 Å². The molecule has 7 aromatic carbocycles. The van der Waals surface area contributed by atoms with Gasteiger partial charge in [-0.2, -0.15) is 0 Å². The molecule has 5 aromatic heterocycles. The normalized spacial score (nSPS) is 10.7. The number of rotatable bonds is 15. The van der Waals surface area contributed by atoms with Gasteiger partial charge in [-0.1, -0.05) is 15.9 Å². The molecular weight excluding hydrogens is 1210 g/mol. The number of halogens is 7. The molecule has 12 aromatic rings. The topological polar surface area (TPSA) is 211 Å². The molecule has 0 saturated heterocycles. The second kappa shape index (κ2) is 32.0. The van der Waals surface area contributed by atoms with Crippen LogP contribution in [0.2, 0.25) is 0 Å². The molecule has 0 unspecified atom stereocenters. The third kappa shape index (κ3) is 19.1. The maximum atomic E-state index is 13.2. The lowest BCUT2D eigenvalue weighted by molar-refractivity contribution is -0.152. The number of furan rings is 4. The smallest absolute Gasteiger partial charge is 0.336 e. The first kappa shape index (κ1) is 64.8. The van der Waals surface area contributed by atoms with Crippen molar-refractivity contribution >= 4 is 89.6 Å². The number of phenolic OH excluding ortho intramolecular Hbond substituents is 1. The van der Waals surface area contributed by atoms with E-state index in [4.69, 9.17) is 51.2 Å². The van der Waals surface area contributed by atoms with E-state index in [0.29, 0.717) is 98.9 Å². The minimum Gasteiger partial charge on any atom is -0.507 e. The third-order valence-corrected chi connectivity index (χ3v) is 12.3. The number of aromatic hydroxyl groups is 1. The maximum Gasteiger partial charge on any atom is 0.336 e. The Bertz CT molecular complexity index is 4220. The summed E-state index contributed by atoms with van der Waals surface area (Å²) in [4.78, 5) is 42.3. The van der Waals surface area contributed by atoms with E-state index in [1.807, 2.05) is 26.0 Å². The third-order valence-electron chi connectivity index (χ3n) is 11.8. The van der Waals surface area contributed by atoms with Crippen LogP contribution in [-0.4, -0.2) is 55.2 Å². The molecule has 0 fully saturated rings. The summed E-state index contributed by atoms with van der Waals surface area (Å²) < 4.78 is 124. The van der Waals surface area contributed by atoms with Gasteiger partial charge >= 0.3 is 5.63 Å². The van der Waals surface area contributed by atoms with E-state index in [-0.39, 0.29) is 65.7 Å². The van der Waals surface area contributed by atoms with Crippen molar-refractivity contribution in [3.05, 3.63) is 243 Å². The summed E-state index contributed by atoms with van der Waals surface area (Å²) in [6, 6.07) is 39.2. The fraction of sp³-hybridized carbons (Fsp3) is 0.138. The molecule has 5 heterocycles. The number of aliphatic hydroxyl groups excluding tert-OH is 1. The van der Waals surface area contributed by atoms with Gasteiger partial charge in [0.25, 0.3) is 0 Å². The van der Waals surface area contributed by atoms with Crippen molar-refractivity contribution in [1.29, 1.82) is 0 Å². The molecule has 0 aliphatic rings. The summed E-state index contributed by atoms with van der Waals surface area (Å²) in [6.45, 7) is 4.88. The van der Waals surface area contributed by atoms with E-state index in [1.165, 1.54) is 78.9 Å². The fourth-order valence-electron chi connectivity index (χ4n) is 7.84. The van der Waals surface area contributed by atoms with Crippen LogP contribution in [-0.2, 0) is 28.0 Å². The molecule has 0 aliphatic heterocycles. The van der Waals surface area contributed by atoms with Crippen LogP contribution in [0.15, 0.2) is 191 Å². The van der Waals surface area contributed by atoms with Crippen LogP contribution in [0, 0.1) is 34.9 Å². The van der Waals surface area contributed by atoms with Gasteiger partial charge in [0, 0.05) is 52.3 Å². The van der Waals surface area contributed by atoms with E-state index in [9.17, 15) is 45.5 Å². The summed E-state index contributed by atoms with van der Waals surface area (Å²) in [5, 5.41) is 21.8. The molecule has 0 radical (unpaired) electrons. The number of hydrogen-bond donors (Lipinski definition) is 2. The van der Waals surface area contributed by atoms with Crippen LogP contribution in [0.5, 0.6) is 17.2 Å². The minimum absolute atomic E-state index is 0.0278. The molecule has 450 valence electrons. The zero-order valence-corrected chi connectivity index (χ0v) is 47.6. The van der Waals surface area contributed by atoms with Crippen LogP contribution < -0.4 is 15.1 Å². The van der Waals surface area contributed by atoms with E-state index in [0.717, 1.165) is 46.4 Å². The monoisotopic (exact) mass is 1260 g/mol. The molecule has 2 N–H and O–H groups in total. The number of ether oxygens (including phenoxy) is 4. The number of benzene rings is 7. The number of fused-ring (bicyclic) bond motifs is 5. The van der Waals surface area contributed by atoms with Gasteiger partial charge in [-0.05, 0) is 166 Å². The molecular formula is C65H51BrF6O15. The lowest BCUT2D eigenvalue weighted by atomic mass is 10.2. The van der Waals surface area contributed by atoms with Gasteiger partial charge in [0.05, 0.1) is 16.5 Å². The highest BCUT2D eigenvalue weighted by atomic mass is 79.9. The Hall–Kier alpha value is -9.74.